The molecule has 2 heterocycles. The maximum Gasteiger partial charge on any atom is 0.164 e. The van der Waals surface area contributed by atoms with Crippen LogP contribution in [0.15, 0.2) is 186 Å². The summed E-state index contributed by atoms with van der Waals surface area (Å²) in [6, 6.07) is 65.2. The van der Waals surface area contributed by atoms with Crippen molar-refractivity contribution in [3.63, 3.8) is 0 Å². The molecule has 4 heteroatoms. The summed E-state index contributed by atoms with van der Waals surface area (Å²) in [5.74, 6) is 1.91. The van der Waals surface area contributed by atoms with Crippen LogP contribution in [0.2, 0.25) is 0 Å². The van der Waals surface area contributed by atoms with Gasteiger partial charge in [-0.25, -0.2) is 15.0 Å². The summed E-state index contributed by atoms with van der Waals surface area (Å²) in [4.78, 5) is 15.5. The summed E-state index contributed by atoms with van der Waals surface area (Å²) in [5, 5.41) is 2.25. The van der Waals surface area contributed by atoms with Gasteiger partial charge in [0.25, 0.3) is 0 Å². The minimum Gasteiger partial charge on any atom is -0.456 e. The second-order valence-corrected chi connectivity index (χ2v) is 15.2. The first kappa shape index (κ1) is 31.9. The highest BCUT2D eigenvalue weighted by molar-refractivity contribution is 6.09. The Morgan fingerprint density at radius 3 is 1.61 bits per heavy atom. The summed E-state index contributed by atoms with van der Waals surface area (Å²) in [6.07, 6.45) is 0. The Hall–Kier alpha value is -7.43. The quantitative estimate of drug-likeness (QED) is 0.182. The topological polar surface area (TPSA) is 51.8 Å². The van der Waals surface area contributed by atoms with Gasteiger partial charge in [-0.1, -0.05) is 157 Å². The summed E-state index contributed by atoms with van der Waals surface area (Å²) < 4.78 is 6.66. The maximum absolute atomic E-state index is 6.66. The Bertz CT molecular complexity index is 3270. The first-order valence-electron chi connectivity index (χ1n) is 19.4. The van der Waals surface area contributed by atoms with Crippen LogP contribution in [0.25, 0.3) is 89.5 Å². The van der Waals surface area contributed by atoms with Crippen LogP contribution in [0.5, 0.6) is 0 Å². The molecule has 0 aliphatic heterocycles. The molecule has 0 N–H and O–H groups in total. The van der Waals surface area contributed by atoms with Crippen LogP contribution >= 0.6 is 0 Å². The molecule has 0 saturated heterocycles. The number of aryl methyl sites for hydroxylation is 1. The molecule has 1 unspecified atom stereocenters. The Kier molecular flexibility index (Phi) is 6.73. The van der Waals surface area contributed by atoms with E-state index in [9.17, 15) is 0 Å². The molecule has 1 spiro atoms. The number of para-hydroxylation sites is 1. The maximum atomic E-state index is 6.66. The Labute approximate surface area is 329 Å². The first-order chi connectivity index (χ1) is 28.1. The average molecular weight is 728 g/mol. The number of benzene rings is 8. The highest BCUT2D eigenvalue weighted by atomic mass is 16.3. The molecular formula is C53H33N3O. The summed E-state index contributed by atoms with van der Waals surface area (Å²) in [6.45, 7) is 2.10. The molecule has 266 valence electrons. The molecule has 57 heavy (non-hydrogen) atoms. The van der Waals surface area contributed by atoms with Gasteiger partial charge in [0.1, 0.15) is 11.2 Å². The van der Waals surface area contributed by atoms with E-state index in [1.807, 2.05) is 24.3 Å². The van der Waals surface area contributed by atoms with Gasteiger partial charge in [-0.15, -0.1) is 0 Å². The fourth-order valence-electron chi connectivity index (χ4n) is 9.58. The molecule has 4 nitrogen and oxygen atoms in total. The molecule has 12 rings (SSSR count). The van der Waals surface area contributed by atoms with Gasteiger partial charge < -0.3 is 4.42 Å². The van der Waals surface area contributed by atoms with Crippen molar-refractivity contribution >= 4 is 21.9 Å². The van der Waals surface area contributed by atoms with E-state index in [2.05, 4.69) is 165 Å². The third-order valence-electron chi connectivity index (χ3n) is 12.0. The van der Waals surface area contributed by atoms with Gasteiger partial charge in [-0.3, -0.25) is 0 Å². The predicted molar refractivity (Wildman–Crippen MR) is 230 cm³/mol. The van der Waals surface area contributed by atoms with E-state index >= 15 is 0 Å². The Balaban J connectivity index is 1.21. The van der Waals surface area contributed by atoms with E-state index in [1.54, 1.807) is 0 Å². The van der Waals surface area contributed by atoms with E-state index in [0.29, 0.717) is 17.5 Å². The van der Waals surface area contributed by atoms with Crippen LogP contribution < -0.4 is 0 Å². The second-order valence-electron chi connectivity index (χ2n) is 15.2. The third kappa shape index (κ3) is 4.59. The van der Waals surface area contributed by atoms with Gasteiger partial charge in [-0.05, 0) is 92.9 Å². The zero-order valence-electron chi connectivity index (χ0n) is 31.1. The van der Waals surface area contributed by atoms with E-state index in [-0.39, 0.29) is 0 Å². The normalized spacial score (nSPS) is 14.8. The highest BCUT2D eigenvalue weighted by Gasteiger charge is 2.50. The fourth-order valence-corrected chi connectivity index (χ4v) is 9.58. The molecule has 0 radical (unpaired) electrons. The Morgan fingerprint density at radius 1 is 0.351 bits per heavy atom. The number of hydrogen-bond donors (Lipinski definition) is 0. The minimum absolute atomic E-state index is 0.628. The van der Waals surface area contributed by atoms with Crippen molar-refractivity contribution in [3.05, 3.63) is 210 Å². The molecule has 0 bridgehead atoms. The molecule has 8 aromatic carbocycles. The van der Waals surface area contributed by atoms with Crippen LogP contribution in [0.3, 0.4) is 0 Å². The largest absolute Gasteiger partial charge is 0.456 e. The third-order valence-corrected chi connectivity index (χ3v) is 12.0. The second kappa shape index (κ2) is 12.0. The van der Waals surface area contributed by atoms with E-state index < -0.39 is 5.41 Å². The lowest BCUT2D eigenvalue weighted by Crippen LogP contribution is -2.29. The monoisotopic (exact) mass is 727 g/mol. The standard InChI is InChI=1S/C53H33N3O/c1-32-14-13-17-34(28-32)51-54-50(33-15-3-2-4-16-33)55-52(56-51)35-26-27-40-37-19-6-5-18-36(37)38-20-7-10-23-44(38)53(46(40)29-35)45-24-11-8-21-39(45)42-30-43-41-22-9-12-25-48(41)57-49(43)31-47(42)53/h2-31H,1H3. The molecule has 0 amide bonds. The van der Waals surface area contributed by atoms with Gasteiger partial charge in [0, 0.05) is 27.5 Å². The van der Waals surface area contributed by atoms with Crippen molar-refractivity contribution in [2.75, 3.05) is 0 Å². The van der Waals surface area contributed by atoms with Crippen molar-refractivity contribution in [1.29, 1.82) is 0 Å². The summed E-state index contributed by atoms with van der Waals surface area (Å²) in [5.41, 5.74) is 17.1. The number of furan rings is 1. The zero-order valence-corrected chi connectivity index (χ0v) is 31.1. The Morgan fingerprint density at radius 2 is 0.895 bits per heavy atom. The number of aromatic nitrogens is 3. The lowest BCUT2D eigenvalue weighted by Gasteiger charge is -2.35. The van der Waals surface area contributed by atoms with Gasteiger partial charge in [0.15, 0.2) is 17.5 Å². The molecule has 1 atom stereocenters. The molecule has 2 aromatic heterocycles. The lowest BCUT2D eigenvalue weighted by molar-refractivity contribution is 0.666. The van der Waals surface area contributed by atoms with E-state index in [1.165, 1.54) is 55.6 Å². The number of rotatable bonds is 3. The number of fused-ring (bicyclic) bond motifs is 15. The molecule has 0 saturated carbocycles. The molecule has 2 aliphatic rings. The predicted octanol–water partition coefficient (Wildman–Crippen LogP) is 13.1. The number of hydrogen-bond acceptors (Lipinski definition) is 4. The molecule has 2 aliphatic carbocycles. The number of nitrogens with zero attached hydrogens (tertiary/aromatic N) is 3. The van der Waals surface area contributed by atoms with Crippen LogP contribution in [0.1, 0.15) is 27.8 Å². The van der Waals surface area contributed by atoms with Crippen LogP contribution in [-0.2, 0) is 5.41 Å². The highest BCUT2D eigenvalue weighted by Crippen LogP contribution is 2.62. The molecule has 0 fully saturated rings. The smallest absolute Gasteiger partial charge is 0.164 e. The van der Waals surface area contributed by atoms with Crippen LogP contribution in [-0.4, -0.2) is 15.0 Å². The average Bonchev–Trinajstić information content (AvgIpc) is 3.75. The summed E-state index contributed by atoms with van der Waals surface area (Å²) >= 11 is 0. The molecular weight excluding hydrogens is 695 g/mol. The zero-order chi connectivity index (χ0) is 37.7. The first-order valence-corrected chi connectivity index (χ1v) is 19.4. The van der Waals surface area contributed by atoms with Gasteiger partial charge in [0.2, 0.25) is 0 Å². The van der Waals surface area contributed by atoms with Gasteiger partial charge >= 0.3 is 0 Å². The SMILES string of the molecule is Cc1cccc(-c2nc(-c3ccccc3)nc(-c3ccc4c(c3)C3(c5ccccc5-c5ccccc5-4)c4ccccc4-c4cc5c(cc43)oc3ccccc35)n2)c1. The van der Waals surface area contributed by atoms with Crippen LogP contribution in [0, 0.1) is 6.92 Å². The van der Waals surface area contributed by atoms with Gasteiger partial charge in [-0.2, -0.15) is 0 Å². The van der Waals surface area contributed by atoms with Gasteiger partial charge in [0.05, 0.1) is 5.41 Å². The van der Waals surface area contributed by atoms with E-state index in [0.717, 1.165) is 44.2 Å². The lowest BCUT2D eigenvalue weighted by atomic mass is 9.65. The van der Waals surface area contributed by atoms with Crippen molar-refractivity contribution < 1.29 is 4.42 Å². The summed E-state index contributed by atoms with van der Waals surface area (Å²) in [7, 11) is 0. The van der Waals surface area contributed by atoms with Crippen molar-refractivity contribution in [1.82, 2.24) is 15.0 Å². The van der Waals surface area contributed by atoms with Crippen molar-refractivity contribution in [3.8, 4) is 67.5 Å². The fraction of sp³-hybridized carbons (Fsp3) is 0.0377. The van der Waals surface area contributed by atoms with E-state index in [4.69, 9.17) is 19.4 Å². The molecule has 10 aromatic rings. The minimum atomic E-state index is -0.700. The van der Waals surface area contributed by atoms with Crippen LogP contribution in [0.4, 0.5) is 0 Å². The van der Waals surface area contributed by atoms with Crippen molar-refractivity contribution in [2.24, 2.45) is 0 Å². The van der Waals surface area contributed by atoms with Crippen molar-refractivity contribution in [2.45, 2.75) is 12.3 Å².